The van der Waals surface area contributed by atoms with E-state index >= 15 is 0 Å². The molecule has 1 nitrogen and oxygen atoms in total. The van der Waals surface area contributed by atoms with Crippen LogP contribution in [0, 0.1) is 0 Å². The topological polar surface area (TPSA) is 9.23 Å². The zero-order valence-electron chi connectivity index (χ0n) is 33.9. The van der Waals surface area contributed by atoms with Gasteiger partial charge in [-0.15, -0.1) is 0 Å². The molecule has 0 fully saturated rings. The number of aryl methyl sites for hydroxylation is 2. The normalized spacial score (nSPS) is 11.5. The first-order valence-corrected chi connectivity index (χ1v) is 22.1. The standard InChI is InChI=1S/C48H82O/c1-7-13-19-25-31-41-37-39-47(45(35-29-23-17-11-5)43(41)33-27-21-15-9-3)49-48-40-38-42(32-26-20-14-8-2)44(34-28-22-16-10-4)46(48)36-30-24-18-12-6/h37-40H,7-36H2,1-6H3. The lowest BCUT2D eigenvalue weighted by Gasteiger charge is -2.23. The van der Waals surface area contributed by atoms with E-state index in [4.69, 9.17) is 4.74 Å². The average Bonchev–Trinajstić information content (AvgIpc) is 3.11. The Morgan fingerprint density at radius 3 is 0.837 bits per heavy atom. The highest BCUT2D eigenvalue weighted by molar-refractivity contribution is 5.51. The van der Waals surface area contributed by atoms with Gasteiger partial charge in [-0.05, 0) is 123 Å². The van der Waals surface area contributed by atoms with Gasteiger partial charge in [0.2, 0.25) is 0 Å². The van der Waals surface area contributed by atoms with Gasteiger partial charge >= 0.3 is 0 Å². The van der Waals surface area contributed by atoms with Gasteiger partial charge in [0.25, 0.3) is 0 Å². The molecule has 49 heavy (non-hydrogen) atoms. The van der Waals surface area contributed by atoms with Crippen molar-refractivity contribution in [2.45, 2.75) is 234 Å². The van der Waals surface area contributed by atoms with Crippen molar-refractivity contribution < 1.29 is 4.74 Å². The van der Waals surface area contributed by atoms with Crippen molar-refractivity contribution in [1.29, 1.82) is 0 Å². The third-order valence-electron chi connectivity index (χ3n) is 10.9. The summed E-state index contributed by atoms with van der Waals surface area (Å²) >= 11 is 0. The molecule has 0 bridgehead atoms. The van der Waals surface area contributed by atoms with Gasteiger partial charge in [0.15, 0.2) is 0 Å². The van der Waals surface area contributed by atoms with E-state index in [1.54, 1.807) is 33.4 Å². The van der Waals surface area contributed by atoms with E-state index < -0.39 is 0 Å². The smallest absolute Gasteiger partial charge is 0.130 e. The highest BCUT2D eigenvalue weighted by Gasteiger charge is 2.19. The molecule has 0 radical (unpaired) electrons. The maximum absolute atomic E-state index is 7.29. The van der Waals surface area contributed by atoms with Gasteiger partial charge in [-0.2, -0.15) is 0 Å². The molecule has 0 spiro atoms. The first-order valence-electron chi connectivity index (χ1n) is 22.1. The van der Waals surface area contributed by atoms with Crippen LogP contribution in [0.5, 0.6) is 11.5 Å². The molecular formula is C48H82O. The highest BCUT2D eigenvalue weighted by Crippen LogP contribution is 2.38. The summed E-state index contributed by atoms with van der Waals surface area (Å²) in [4.78, 5) is 0. The summed E-state index contributed by atoms with van der Waals surface area (Å²) in [5.41, 5.74) is 9.63. The number of unbranched alkanes of at least 4 members (excludes halogenated alkanes) is 18. The van der Waals surface area contributed by atoms with Crippen LogP contribution in [0.3, 0.4) is 0 Å². The Morgan fingerprint density at radius 1 is 0.286 bits per heavy atom. The fraction of sp³-hybridized carbons (Fsp3) is 0.750. The number of hydrogen-bond acceptors (Lipinski definition) is 1. The van der Waals surface area contributed by atoms with Crippen LogP contribution in [0.25, 0.3) is 0 Å². The fourth-order valence-electron chi connectivity index (χ4n) is 7.79. The molecule has 0 aliphatic rings. The Labute approximate surface area is 307 Å². The average molecular weight is 675 g/mol. The zero-order valence-corrected chi connectivity index (χ0v) is 33.9. The molecule has 0 N–H and O–H groups in total. The molecule has 0 atom stereocenters. The maximum atomic E-state index is 7.29. The maximum Gasteiger partial charge on any atom is 0.130 e. The highest BCUT2D eigenvalue weighted by atomic mass is 16.5. The van der Waals surface area contributed by atoms with E-state index in [1.165, 1.54) is 191 Å². The Hall–Kier alpha value is -1.76. The Bertz CT molecular complexity index is 995. The third kappa shape index (κ3) is 17.3. The van der Waals surface area contributed by atoms with E-state index in [9.17, 15) is 0 Å². The van der Waals surface area contributed by atoms with Gasteiger partial charge in [0.05, 0.1) is 0 Å². The van der Waals surface area contributed by atoms with Crippen LogP contribution >= 0.6 is 0 Å². The van der Waals surface area contributed by atoms with E-state index in [2.05, 4.69) is 65.8 Å². The Morgan fingerprint density at radius 2 is 0.551 bits per heavy atom. The summed E-state index contributed by atoms with van der Waals surface area (Å²) in [5.74, 6) is 2.34. The predicted octanol–water partition coefficient (Wildman–Crippen LogP) is 16.2. The van der Waals surface area contributed by atoms with Crippen molar-refractivity contribution in [3.63, 3.8) is 0 Å². The monoisotopic (exact) mass is 675 g/mol. The number of ether oxygens (including phenoxy) is 1. The van der Waals surface area contributed by atoms with Crippen molar-refractivity contribution in [2.24, 2.45) is 0 Å². The van der Waals surface area contributed by atoms with Crippen LogP contribution in [0.2, 0.25) is 0 Å². The van der Waals surface area contributed by atoms with Crippen molar-refractivity contribution >= 4 is 0 Å². The van der Waals surface area contributed by atoms with Gasteiger partial charge < -0.3 is 4.74 Å². The van der Waals surface area contributed by atoms with Gasteiger partial charge in [-0.3, -0.25) is 0 Å². The van der Waals surface area contributed by atoms with Crippen LogP contribution < -0.4 is 4.74 Å². The molecule has 0 aliphatic carbocycles. The minimum Gasteiger partial charge on any atom is -0.457 e. The van der Waals surface area contributed by atoms with E-state index in [0.29, 0.717) is 0 Å². The molecular weight excluding hydrogens is 593 g/mol. The molecule has 0 amide bonds. The van der Waals surface area contributed by atoms with E-state index in [0.717, 1.165) is 12.8 Å². The Balaban J connectivity index is 2.60. The van der Waals surface area contributed by atoms with Crippen LogP contribution in [-0.4, -0.2) is 0 Å². The number of hydrogen-bond donors (Lipinski definition) is 0. The molecule has 1 heteroatoms. The predicted molar refractivity (Wildman–Crippen MR) is 220 cm³/mol. The molecule has 0 saturated heterocycles. The van der Waals surface area contributed by atoms with Crippen molar-refractivity contribution in [3.8, 4) is 11.5 Å². The summed E-state index contributed by atoms with van der Waals surface area (Å²) in [6.45, 7) is 14.0. The molecule has 2 aromatic carbocycles. The Kier molecular flexibility index (Phi) is 25.6. The van der Waals surface area contributed by atoms with Crippen molar-refractivity contribution in [1.82, 2.24) is 0 Å². The molecule has 0 unspecified atom stereocenters. The second kappa shape index (κ2) is 28.9. The second-order valence-corrected chi connectivity index (χ2v) is 15.3. The van der Waals surface area contributed by atoms with Gasteiger partial charge in [0, 0.05) is 0 Å². The van der Waals surface area contributed by atoms with Crippen LogP contribution in [-0.2, 0) is 38.5 Å². The molecule has 0 aliphatic heterocycles. The van der Waals surface area contributed by atoms with E-state index in [1.807, 2.05) is 0 Å². The largest absolute Gasteiger partial charge is 0.457 e. The number of rotatable bonds is 32. The lowest BCUT2D eigenvalue weighted by atomic mass is 9.88. The fourth-order valence-corrected chi connectivity index (χ4v) is 7.79. The van der Waals surface area contributed by atoms with Crippen molar-refractivity contribution in [3.05, 3.63) is 57.6 Å². The van der Waals surface area contributed by atoms with Crippen LogP contribution in [0.1, 0.15) is 229 Å². The third-order valence-corrected chi connectivity index (χ3v) is 10.9. The molecule has 0 aromatic heterocycles. The quantitative estimate of drug-likeness (QED) is 0.0702. The van der Waals surface area contributed by atoms with E-state index in [-0.39, 0.29) is 0 Å². The summed E-state index contributed by atoms with van der Waals surface area (Å²) in [6.07, 6.45) is 38.9. The van der Waals surface area contributed by atoms with Gasteiger partial charge in [-0.25, -0.2) is 0 Å². The molecule has 0 heterocycles. The zero-order chi connectivity index (χ0) is 35.4. The number of benzene rings is 2. The summed E-state index contributed by atoms with van der Waals surface area (Å²) < 4.78 is 7.29. The summed E-state index contributed by atoms with van der Waals surface area (Å²) in [6, 6.07) is 9.72. The lowest BCUT2D eigenvalue weighted by molar-refractivity contribution is 0.462. The molecule has 2 aromatic rings. The van der Waals surface area contributed by atoms with Crippen LogP contribution in [0.15, 0.2) is 24.3 Å². The SMILES string of the molecule is CCCCCCc1ccc(Oc2ccc(CCCCCC)c(CCCCCC)c2CCCCCC)c(CCCCCC)c1CCCCCC. The summed E-state index contributed by atoms with van der Waals surface area (Å²) in [5, 5.41) is 0. The second-order valence-electron chi connectivity index (χ2n) is 15.3. The molecule has 0 saturated carbocycles. The minimum atomic E-state index is 1.16. The van der Waals surface area contributed by atoms with Crippen LogP contribution in [0.4, 0.5) is 0 Å². The first-order chi connectivity index (χ1) is 24.1. The summed E-state index contributed by atoms with van der Waals surface area (Å²) in [7, 11) is 0. The van der Waals surface area contributed by atoms with Gasteiger partial charge in [0.1, 0.15) is 11.5 Å². The van der Waals surface area contributed by atoms with Crippen molar-refractivity contribution in [2.75, 3.05) is 0 Å². The lowest BCUT2D eigenvalue weighted by Crippen LogP contribution is -2.07. The molecule has 280 valence electrons. The molecule has 2 rings (SSSR count). The van der Waals surface area contributed by atoms with Gasteiger partial charge in [-0.1, -0.05) is 169 Å². The minimum absolute atomic E-state index is 1.16. The first kappa shape index (κ1) is 43.4.